The van der Waals surface area contributed by atoms with E-state index >= 15 is 0 Å². The van der Waals surface area contributed by atoms with E-state index in [0.717, 1.165) is 19.0 Å². The van der Waals surface area contributed by atoms with Crippen molar-refractivity contribution in [2.45, 2.75) is 25.3 Å². The van der Waals surface area contributed by atoms with E-state index in [9.17, 15) is 8.78 Å². The van der Waals surface area contributed by atoms with Crippen molar-refractivity contribution in [1.82, 2.24) is 4.90 Å². The van der Waals surface area contributed by atoms with Crippen LogP contribution < -0.4 is 11.1 Å². The van der Waals surface area contributed by atoms with Crippen LogP contribution in [0.5, 0.6) is 0 Å². The zero-order valence-corrected chi connectivity index (χ0v) is 10.5. The number of benzene rings is 1. The van der Waals surface area contributed by atoms with Crippen LogP contribution in [0.25, 0.3) is 0 Å². The largest absolute Gasteiger partial charge is 0.395 e. The average Bonchev–Trinajstić information content (AvgIpc) is 2.33. The maximum Gasteiger partial charge on any atom is 0.151 e. The molecule has 2 rings (SSSR count). The van der Waals surface area contributed by atoms with E-state index in [1.807, 2.05) is 0 Å². The van der Waals surface area contributed by atoms with E-state index in [-0.39, 0.29) is 5.69 Å². The lowest BCUT2D eigenvalue weighted by Gasteiger charge is -2.32. The molecule has 1 aliphatic rings. The summed E-state index contributed by atoms with van der Waals surface area (Å²) in [5.74, 6) is -1.32. The molecule has 3 nitrogen and oxygen atoms in total. The number of hydrogen-bond donors (Lipinski definition) is 2. The molecule has 1 saturated heterocycles. The summed E-state index contributed by atoms with van der Waals surface area (Å²) in [5, 5.41) is 3.05. The van der Waals surface area contributed by atoms with Gasteiger partial charge >= 0.3 is 0 Å². The zero-order chi connectivity index (χ0) is 13.1. The van der Waals surface area contributed by atoms with Crippen molar-refractivity contribution < 1.29 is 8.78 Å². The van der Waals surface area contributed by atoms with Gasteiger partial charge in [0.1, 0.15) is 5.82 Å². The Bertz CT molecular complexity index is 423. The topological polar surface area (TPSA) is 41.3 Å². The van der Waals surface area contributed by atoms with Crippen LogP contribution in [0.2, 0.25) is 0 Å². The predicted octanol–water partition coefficient (Wildman–Crippen LogP) is 2.44. The van der Waals surface area contributed by atoms with Crippen LogP contribution >= 0.6 is 0 Å². The second-order valence-electron chi connectivity index (χ2n) is 4.86. The molecular weight excluding hydrogens is 236 g/mol. The lowest BCUT2D eigenvalue weighted by molar-refractivity contribution is 0.194. The number of halogens is 2. The Balaban J connectivity index is 2.01. The Morgan fingerprint density at radius 1 is 1.39 bits per heavy atom. The fourth-order valence-corrected chi connectivity index (χ4v) is 2.36. The lowest BCUT2D eigenvalue weighted by atomic mass is 10.0. The highest BCUT2D eigenvalue weighted by Crippen LogP contribution is 2.24. The molecule has 1 atom stereocenters. The van der Waals surface area contributed by atoms with E-state index < -0.39 is 11.6 Å². The van der Waals surface area contributed by atoms with E-state index in [1.54, 1.807) is 0 Å². The molecule has 3 N–H and O–H groups in total. The lowest BCUT2D eigenvalue weighted by Crippen LogP contribution is -2.40. The second-order valence-corrected chi connectivity index (χ2v) is 4.86. The van der Waals surface area contributed by atoms with Gasteiger partial charge in [0.15, 0.2) is 5.82 Å². The summed E-state index contributed by atoms with van der Waals surface area (Å²) < 4.78 is 26.4. The summed E-state index contributed by atoms with van der Waals surface area (Å²) in [4.78, 5) is 2.27. The number of likely N-dealkylation sites (tertiary alicyclic amines) is 1. The quantitative estimate of drug-likeness (QED) is 0.815. The predicted molar refractivity (Wildman–Crippen MR) is 69.5 cm³/mol. The first-order chi connectivity index (χ1) is 8.58. The highest BCUT2D eigenvalue weighted by molar-refractivity contribution is 5.66. The van der Waals surface area contributed by atoms with Crippen LogP contribution in [0.1, 0.15) is 19.3 Å². The van der Waals surface area contributed by atoms with Crippen molar-refractivity contribution in [2.75, 3.05) is 31.2 Å². The van der Waals surface area contributed by atoms with Gasteiger partial charge in [-0.25, -0.2) is 8.78 Å². The van der Waals surface area contributed by atoms with E-state index in [0.29, 0.717) is 18.3 Å². The average molecular weight is 255 g/mol. The van der Waals surface area contributed by atoms with Gasteiger partial charge in [0.2, 0.25) is 0 Å². The van der Waals surface area contributed by atoms with Gasteiger partial charge in [0.05, 0.1) is 11.4 Å². The molecule has 1 fully saturated rings. The van der Waals surface area contributed by atoms with Crippen LogP contribution in [-0.2, 0) is 0 Å². The maximum absolute atomic E-state index is 13.3. The fourth-order valence-electron chi connectivity index (χ4n) is 2.36. The highest BCUT2D eigenvalue weighted by Gasteiger charge is 2.19. The molecule has 0 aromatic heterocycles. The van der Waals surface area contributed by atoms with Gasteiger partial charge in [-0.05, 0) is 32.5 Å². The number of rotatable bonds is 3. The Labute approximate surface area is 106 Å². The Morgan fingerprint density at radius 2 is 2.17 bits per heavy atom. The molecule has 0 saturated carbocycles. The fraction of sp³-hybridized carbons (Fsp3) is 0.538. The summed E-state index contributed by atoms with van der Waals surface area (Å²) in [6.07, 6.45) is 3.51. The molecule has 1 aliphatic heterocycles. The molecule has 0 amide bonds. The normalized spacial score (nSPS) is 20.9. The van der Waals surface area contributed by atoms with Gasteiger partial charge in [0.25, 0.3) is 0 Å². The van der Waals surface area contributed by atoms with Crippen molar-refractivity contribution in [2.24, 2.45) is 0 Å². The van der Waals surface area contributed by atoms with Crippen LogP contribution in [0, 0.1) is 11.6 Å². The van der Waals surface area contributed by atoms with Crippen molar-refractivity contribution in [3.63, 3.8) is 0 Å². The molecule has 18 heavy (non-hydrogen) atoms. The zero-order valence-electron chi connectivity index (χ0n) is 10.5. The SMILES string of the molecule is CN1CCCCC1CNc1cc(F)cc(F)c1N. The summed E-state index contributed by atoms with van der Waals surface area (Å²) in [6.45, 7) is 1.73. The molecule has 1 unspecified atom stereocenters. The van der Waals surface area contributed by atoms with Crippen LogP contribution in [0.4, 0.5) is 20.2 Å². The minimum Gasteiger partial charge on any atom is -0.395 e. The number of nitrogens with zero attached hydrogens (tertiary/aromatic N) is 1. The molecule has 5 heteroatoms. The summed E-state index contributed by atoms with van der Waals surface area (Å²) in [6, 6.07) is 2.43. The van der Waals surface area contributed by atoms with Crippen LogP contribution in [0.15, 0.2) is 12.1 Å². The standard InChI is InChI=1S/C13H19F2N3/c1-18-5-3-2-4-10(18)8-17-12-7-9(14)6-11(15)13(12)16/h6-7,10,17H,2-5,8,16H2,1H3. The van der Waals surface area contributed by atoms with Gasteiger partial charge < -0.3 is 16.0 Å². The number of anilines is 2. The molecule has 1 heterocycles. The van der Waals surface area contributed by atoms with Crippen molar-refractivity contribution >= 4 is 11.4 Å². The number of nitrogens with two attached hydrogens (primary N) is 1. The minimum absolute atomic E-state index is 0.0186. The smallest absolute Gasteiger partial charge is 0.151 e. The Hall–Kier alpha value is -1.36. The number of likely N-dealkylation sites (N-methyl/N-ethyl adjacent to an activating group) is 1. The Kier molecular flexibility index (Phi) is 4.01. The molecule has 0 radical (unpaired) electrons. The summed E-state index contributed by atoms with van der Waals surface area (Å²) >= 11 is 0. The first-order valence-corrected chi connectivity index (χ1v) is 6.26. The van der Waals surface area contributed by atoms with Gasteiger partial charge in [-0.15, -0.1) is 0 Å². The summed E-state index contributed by atoms with van der Waals surface area (Å²) in [7, 11) is 2.07. The second kappa shape index (κ2) is 5.52. The van der Waals surface area contributed by atoms with Crippen LogP contribution in [-0.4, -0.2) is 31.1 Å². The third-order valence-corrected chi connectivity index (χ3v) is 3.54. The first-order valence-electron chi connectivity index (χ1n) is 6.26. The molecule has 0 bridgehead atoms. The Morgan fingerprint density at radius 3 is 2.89 bits per heavy atom. The number of nitrogen functional groups attached to an aromatic ring is 1. The van der Waals surface area contributed by atoms with Gasteiger partial charge in [-0.2, -0.15) is 0 Å². The minimum atomic E-state index is -0.713. The first kappa shape index (κ1) is 13.1. The third kappa shape index (κ3) is 2.90. The van der Waals surface area contributed by atoms with Crippen molar-refractivity contribution in [3.05, 3.63) is 23.8 Å². The van der Waals surface area contributed by atoms with E-state index in [4.69, 9.17) is 5.73 Å². The van der Waals surface area contributed by atoms with Gasteiger partial charge in [-0.3, -0.25) is 0 Å². The van der Waals surface area contributed by atoms with Crippen LogP contribution in [0.3, 0.4) is 0 Å². The molecule has 1 aromatic carbocycles. The van der Waals surface area contributed by atoms with E-state index in [2.05, 4.69) is 17.3 Å². The monoisotopic (exact) mass is 255 g/mol. The number of nitrogens with one attached hydrogen (secondary N) is 1. The molecule has 100 valence electrons. The molecule has 0 spiro atoms. The van der Waals surface area contributed by atoms with E-state index in [1.165, 1.54) is 18.9 Å². The molecule has 1 aromatic rings. The van der Waals surface area contributed by atoms with Crippen molar-refractivity contribution in [3.8, 4) is 0 Å². The molecule has 0 aliphatic carbocycles. The number of piperidine rings is 1. The van der Waals surface area contributed by atoms with Crippen molar-refractivity contribution in [1.29, 1.82) is 0 Å². The maximum atomic E-state index is 13.3. The number of hydrogen-bond acceptors (Lipinski definition) is 3. The third-order valence-electron chi connectivity index (χ3n) is 3.54. The summed E-state index contributed by atoms with van der Waals surface area (Å²) in [5.41, 5.74) is 5.90. The van der Waals surface area contributed by atoms with Gasteiger partial charge in [-0.1, -0.05) is 6.42 Å². The molecular formula is C13H19F2N3. The van der Waals surface area contributed by atoms with Gasteiger partial charge in [0, 0.05) is 18.7 Å². The highest BCUT2D eigenvalue weighted by atomic mass is 19.1.